The van der Waals surface area contributed by atoms with Crippen LogP contribution in [0, 0.1) is 0 Å². The molecule has 0 atom stereocenters. The Bertz CT molecular complexity index is 226. The molecule has 0 N–H and O–H groups in total. The topological polar surface area (TPSA) is 36.9 Å². The number of quaternary nitrogens is 1. The zero-order valence-electron chi connectivity index (χ0n) is 14.2. The first-order chi connectivity index (χ1) is 9.31. The highest BCUT2D eigenvalue weighted by atomic mass is 16.7. The van der Waals surface area contributed by atoms with Crippen molar-refractivity contribution in [1.29, 1.82) is 0 Å². The molecule has 5 heteroatoms. The number of rotatable bonds is 12. The van der Waals surface area contributed by atoms with Crippen LogP contribution in [0.1, 0.15) is 34.1 Å². The van der Waals surface area contributed by atoms with Gasteiger partial charge >= 0.3 is 0 Å². The van der Waals surface area contributed by atoms with Gasteiger partial charge in [0.05, 0.1) is 47.1 Å². The quantitative estimate of drug-likeness (QED) is 0.314. The molecule has 0 aliphatic rings. The van der Waals surface area contributed by atoms with Crippen LogP contribution in [0.2, 0.25) is 0 Å². The van der Waals surface area contributed by atoms with Gasteiger partial charge in [-0.25, -0.2) is 4.84 Å². The summed E-state index contributed by atoms with van der Waals surface area (Å²) in [5.74, 6) is 0. The number of hydroxylamine groups is 3. The van der Waals surface area contributed by atoms with Crippen LogP contribution < -0.4 is 0 Å². The highest BCUT2D eigenvalue weighted by Gasteiger charge is 2.33. The van der Waals surface area contributed by atoms with E-state index in [4.69, 9.17) is 19.0 Å². The number of ether oxygens (including phenoxy) is 3. The van der Waals surface area contributed by atoms with Gasteiger partial charge in [-0.05, 0) is 27.2 Å². The van der Waals surface area contributed by atoms with Crippen molar-refractivity contribution in [2.24, 2.45) is 0 Å². The maximum atomic E-state index is 5.82. The predicted octanol–water partition coefficient (Wildman–Crippen LogP) is 2.25. The molecule has 0 bridgehead atoms. The molecule has 0 fully saturated rings. The highest BCUT2D eigenvalue weighted by molar-refractivity contribution is 4.56. The van der Waals surface area contributed by atoms with Crippen molar-refractivity contribution in [1.82, 2.24) is 0 Å². The fourth-order valence-corrected chi connectivity index (χ4v) is 1.20. The lowest BCUT2D eigenvalue weighted by Crippen LogP contribution is -2.54. The molecule has 0 aromatic rings. The lowest BCUT2D eigenvalue weighted by atomic mass is 10.1. The van der Waals surface area contributed by atoms with Crippen LogP contribution in [0.25, 0.3) is 0 Å². The predicted molar refractivity (Wildman–Crippen MR) is 80.6 cm³/mol. The van der Waals surface area contributed by atoms with E-state index >= 15 is 0 Å². The largest absolute Gasteiger partial charge is 0.379 e. The Hall–Kier alpha value is -0.200. The minimum absolute atomic E-state index is 0.0571. The van der Waals surface area contributed by atoms with Gasteiger partial charge in [0.1, 0.15) is 12.1 Å². The molecule has 5 nitrogen and oxygen atoms in total. The van der Waals surface area contributed by atoms with Gasteiger partial charge in [0, 0.05) is 6.61 Å². The summed E-state index contributed by atoms with van der Waals surface area (Å²) in [6, 6.07) is 0. The summed E-state index contributed by atoms with van der Waals surface area (Å²) in [5.41, 5.74) is 0.0571. The summed E-state index contributed by atoms with van der Waals surface area (Å²) in [6.45, 7) is 13.0. The molecule has 0 spiro atoms. The zero-order valence-corrected chi connectivity index (χ0v) is 14.2. The average Bonchev–Trinajstić information content (AvgIpc) is 2.34. The summed E-state index contributed by atoms with van der Waals surface area (Å²) in [5, 5.41) is 0. The fraction of sp³-hybridized carbons (Fsp3) is 1.00. The van der Waals surface area contributed by atoms with Crippen LogP contribution in [0.3, 0.4) is 0 Å². The van der Waals surface area contributed by atoms with E-state index in [1.54, 1.807) is 0 Å². The van der Waals surface area contributed by atoms with Gasteiger partial charge in [0.25, 0.3) is 0 Å². The van der Waals surface area contributed by atoms with Crippen molar-refractivity contribution in [3.63, 3.8) is 0 Å². The second-order valence-electron chi connectivity index (χ2n) is 6.19. The van der Waals surface area contributed by atoms with Crippen molar-refractivity contribution < 1.29 is 23.7 Å². The third kappa shape index (κ3) is 9.66. The van der Waals surface area contributed by atoms with Crippen LogP contribution in [0.4, 0.5) is 0 Å². The van der Waals surface area contributed by atoms with E-state index in [9.17, 15) is 0 Å². The molecule has 122 valence electrons. The summed E-state index contributed by atoms with van der Waals surface area (Å²) in [4.78, 5) is 5.82. The molecule has 0 unspecified atom stereocenters. The van der Waals surface area contributed by atoms with E-state index in [0.717, 1.165) is 13.0 Å². The summed E-state index contributed by atoms with van der Waals surface area (Å²) in [7, 11) is 4.11. The smallest absolute Gasteiger partial charge is 0.129 e. The minimum Gasteiger partial charge on any atom is -0.379 e. The SMILES string of the molecule is CCCOCCOCCOCCO[N+](C)(C)C(C)(C)C. The second kappa shape index (κ2) is 10.5. The number of hydrogen-bond acceptors (Lipinski definition) is 4. The van der Waals surface area contributed by atoms with Crippen LogP contribution in [0.15, 0.2) is 0 Å². The Morgan fingerprint density at radius 2 is 1.10 bits per heavy atom. The van der Waals surface area contributed by atoms with Crippen LogP contribution in [0.5, 0.6) is 0 Å². The molecular formula is C15H34NO4+. The van der Waals surface area contributed by atoms with Gasteiger partial charge in [0.15, 0.2) is 0 Å². The van der Waals surface area contributed by atoms with E-state index in [0.29, 0.717) is 44.3 Å². The van der Waals surface area contributed by atoms with E-state index in [1.165, 1.54) is 0 Å². The molecule has 0 aliphatic carbocycles. The summed E-state index contributed by atoms with van der Waals surface area (Å²) >= 11 is 0. The molecule has 0 aliphatic heterocycles. The monoisotopic (exact) mass is 292 g/mol. The molecule has 0 radical (unpaired) electrons. The van der Waals surface area contributed by atoms with Crippen LogP contribution in [-0.4, -0.2) is 70.5 Å². The van der Waals surface area contributed by atoms with E-state index in [-0.39, 0.29) is 5.54 Å². The first-order valence-electron chi connectivity index (χ1n) is 7.53. The van der Waals surface area contributed by atoms with Crippen molar-refractivity contribution in [3.05, 3.63) is 0 Å². The summed E-state index contributed by atoms with van der Waals surface area (Å²) < 4.78 is 16.7. The first kappa shape index (κ1) is 19.8. The van der Waals surface area contributed by atoms with Crippen LogP contribution >= 0.6 is 0 Å². The summed E-state index contributed by atoms with van der Waals surface area (Å²) in [6.07, 6.45) is 1.05. The Kier molecular flexibility index (Phi) is 10.4. The minimum atomic E-state index is 0.0571. The standard InChI is InChI=1S/C15H34NO4/c1-7-8-17-9-10-18-11-12-19-13-14-20-16(5,6)15(2,3)4/h7-14H2,1-6H3/q+1. The molecule has 0 rings (SSSR count). The van der Waals surface area contributed by atoms with Crippen molar-refractivity contribution in [2.75, 3.05) is 60.3 Å². The molecule has 0 aromatic carbocycles. The molecule has 0 saturated heterocycles. The fourth-order valence-electron chi connectivity index (χ4n) is 1.20. The third-order valence-corrected chi connectivity index (χ3v) is 3.35. The number of hydrogen-bond donors (Lipinski definition) is 0. The first-order valence-corrected chi connectivity index (χ1v) is 7.53. The molecule has 0 saturated carbocycles. The van der Waals surface area contributed by atoms with Gasteiger partial charge in [-0.2, -0.15) is 4.65 Å². The second-order valence-corrected chi connectivity index (χ2v) is 6.19. The van der Waals surface area contributed by atoms with E-state index < -0.39 is 0 Å². The highest BCUT2D eigenvalue weighted by Crippen LogP contribution is 2.19. The van der Waals surface area contributed by atoms with Gasteiger partial charge < -0.3 is 14.2 Å². The average molecular weight is 292 g/mol. The van der Waals surface area contributed by atoms with Crippen molar-refractivity contribution >= 4 is 0 Å². The Morgan fingerprint density at radius 1 is 0.700 bits per heavy atom. The lowest BCUT2D eigenvalue weighted by Gasteiger charge is -2.38. The molecule has 0 aromatic heterocycles. The normalized spacial score (nSPS) is 12.9. The van der Waals surface area contributed by atoms with Gasteiger partial charge in [-0.15, -0.1) is 0 Å². The van der Waals surface area contributed by atoms with Gasteiger partial charge in [-0.3, -0.25) is 0 Å². The maximum Gasteiger partial charge on any atom is 0.129 e. The van der Waals surface area contributed by atoms with Crippen molar-refractivity contribution in [2.45, 2.75) is 39.7 Å². The van der Waals surface area contributed by atoms with Gasteiger partial charge in [0.2, 0.25) is 0 Å². The Morgan fingerprint density at radius 3 is 1.50 bits per heavy atom. The zero-order chi connectivity index (χ0) is 15.5. The molecular weight excluding hydrogens is 258 g/mol. The Labute approximate surface area is 124 Å². The molecule has 0 heterocycles. The van der Waals surface area contributed by atoms with Crippen LogP contribution in [-0.2, 0) is 19.0 Å². The van der Waals surface area contributed by atoms with E-state index in [2.05, 4.69) is 41.8 Å². The third-order valence-electron chi connectivity index (χ3n) is 3.35. The van der Waals surface area contributed by atoms with Crippen molar-refractivity contribution in [3.8, 4) is 0 Å². The Balaban J connectivity index is 3.33. The molecule has 20 heavy (non-hydrogen) atoms. The lowest BCUT2D eigenvalue weighted by molar-refractivity contribution is -1.11. The molecule has 0 amide bonds. The van der Waals surface area contributed by atoms with Gasteiger partial charge in [-0.1, -0.05) is 6.92 Å². The van der Waals surface area contributed by atoms with E-state index in [1.807, 2.05) is 0 Å². The maximum absolute atomic E-state index is 5.82. The number of nitrogens with zero attached hydrogens (tertiary/aromatic N) is 1.